The van der Waals surface area contributed by atoms with Crippen LogP contribution in [0.15, 0.2) is 16.9 Å². The van der Waals surface area contributed by atoms with Crippen molar-refractivity contribution in [2.45, 2.75) is 13.3 Å². The second kappa shape index (κ2) is 5.06. The van der Waals surface area contributed by atoms with Crippen molar-refractivity contribution in [3.8, 4) is 0 Å². The smallest absolute Gasteiger partial charge is 0.331 e. The molecule has 0 aromatic carbocycles. The topological polar surface area (TPSA) is 102 Å². The third-order valence-corrected chi connectivity index (χ3v) is 1.80. The highest BCUT2D eigenvalue weighted by Crippen LogP contribution is 2.13. The summed E-state index contributed by atoms with van der Waals surface area (Å²) in [6.07, 6.45) is -0.235. The Morgan fingerprint density at radius 3 is 2.81 bits per heavy atom. The van der Waals surface area contributed by atoms with Crippen LogP contribution in [-0.2, 0) is 16.0 Å². The number of nitrogens with one attached hydrogen (secondary N) is 1. The van der Waals surface area contributed by atoms with E-state index >= 15 is 0 Å². The number of aromatic amines is 1. The summed E-state index contributed by atoms with van der Waals surface area (Å²) in [5.74, 6) is -1.04. The van der Waals surface area contributed by atoms with Gasteiger partial charge in [0.15, 0.2) is 0 Å². The van der Waals surface area contributed by atoms with Crippen LogP contribution in [0.1, 0.15) is 12.5 Å². The van der Waals surface area contributed by atoms with E-state index in [0.717, 1.165) is 6.07 Å². The molecule has 1 aromatic rings. The fourth-order valence-electron chi connectivity index (χ4n) is 1.17. The van der Waals surface area contributed by atoms with Crippen molar-refractivity contribution in [2.24, 2.45) is 0 Å². The van der Waals surface area contributed by atoms with Crippen LogP contribution in [0.25, 0.3) is 0 Å². The fraction of sp³-hybridized carbons (Fsp3) is 0.333. The number of esters is 1. The highest BCUT2D eigenvalue weighted by Gasteiger charge is 2.16. The van der Waals surface area contributed by atoms with Gasteiger partial charge < -0.3 is 14.9 Å². The average molecular weight is 226 g/mol. The van der Waals surface area contributed by atoms with Crippen molar-refractivity contribution in [1.29, 1.82) is 0 Å². The molecule has 0 atom stereocenters. The van der Waals surface area contributed by atoms with Crippen LogP contribution >= 0.6 is 0 Å². The fourth-order valence-corrected chi connectivity index (χ4v) is 1.17. The second-order valence-electron chi connectivity index (χ2n) is 2.94. The van der Waals surface area contributed by atoms with Crippen molar-refractivity contribution in [2.75, 3.05) is 6.61 Å². The summed E-state index contributed by atoms with van der Waals surface area (Å²) in [7, 11) is 0. The van der Waals surface area contributed by atoms with E-state index in [-0.39, 0.29) is 18.6 Å². The molecule has 1 aromatic heterocycles. The van der Waals surface area contributed by atoms with Crippen LogP contribution in [0.4, 0.5) is 5.82 Å². The van der Waals surface area contributed by atoms with Gasteiger partial charge in [0.25, 0.3) is 0 Å². The zero-order chi connectivity index (χ0) is 12.1. The Kier molecular flexibility index (Phi) is 3.76. The lowest BCUT2D eigenvalue weighted by Gasteiger charge is -2.03. The number of ether oxygens (including phenoxy) is 1. The molecule has 7 nitrogen and oxygen atoms in total. The summed E-state index contributed by atoms with van der Waals surface area (Å²) < 4.78 is 4.66. The highest BCUT2D eigenvalue weighted by molar-refractivity contribution is 5.73. The summed E-state index contributed by atoms with van der Waals surface area (Å²) in [6.45, 7) is 1.84. The minimum Gasteiger partial charge on any atom is -0.466 e. The van der Waals surface area contributed by atoms with Gasteiger partial charge in [-0.1, -0.05) is 0 Å². The maximum Gasteiger partial charge on any atom is 0.331 e. The molecule has 0 aliphatic rings. The third kappa shape index (κ3) is 2.91. The van der Waals surface area contributed by atoms with Crippen molar-refractivity contribution in [3.63, 3.8) is 0 Å². The number of H-pyrrole nitrogens is 1. The first-order valence-corrected chi connectivity index (χ1v) is 4.56. The van der Waals surface area contributed by atoms with Crippen molar-refractivity contribution in [1.82, 2.24) is 4.98 Å². The standard InChI is InChI=1S/C9H10N2O5/c1-2-16-8(13)5-6-3-4-7(12)10-9(6)11(14)15/h3-4H,2,5H2,1H3,(H,10,12). The molecule has 0 saturated carbocycles. The predicted molar refractivity (Wildman–Crippen MR) is 54.1 cm³/mol. The summed E-state index contributed by atoms with van der Waals surface area (Å²) in [4.78, 5) is 33.9. The Morgan fingerprint density at radius 2 is 2.25 bits per heavy atom. The van der Waals surface area contributed by atoms with E-state index in [0.29, 0.717) is 0 Å². The van der Waals surface area contributed by atoms with E-state index in [1.54, 1.807) is 6.92 Å². The van der Waals surface area contributed by atoms with Gasteiger partial charge in [0.05, 0.1) is 18.6 Å². The number of carbonyl (C=O) groups is 1. The van der Waals surface area contributed by atoms with Gasteiger partial charge >= 0.3 is 17.3 Å². The highest BCUT2D eigenvalue weighted by atomic mass is 16.6. The largest absolute Gasteiger partial charge is 0.466 e. The van der Waals surface area contributed by atoms with Gasteiger partial charge in [-0.25, -0.2) is 9.78 Å². The van der Waals surface area contributed by atoms with E-state index in [4.69, 9.17) is 0 Å². The van der Waals surface area contributed by atoms with Gasteiger partial charge in [0, 0.05) is 6.07 Å². The van der Waals surface area contributed by atoms with E-state index in [1.807, 2.05) is 0 Å². The minimum absolute atomic E-state index is 0.128. The molecule has 86 valence electrons. The molecule has 0 amide bonds. The monoisotopic (exact) mass is 226 g/mol. The molecule has 7 heteroatoms. The third-order valence-electron chi connectivity index (χ3n) is 1.80. The molecule has 0 fully saturated rings. The van der Waals surface area contributed by atoms with Gasteiger partial charge in [-0.2, -0.15) is 0 Å². The Bertz CT molecular complexity index is 465. The number of pyridine rings is 1. The molecule has 0 aliphatic carbocycles. The quantitative estimate of drug-likeness (QED) is 0.454. The molecule has 0 unspecified atom stereocenters. The van der Waals surface area contributed by atoms with Crippen LogP contribution in [0.5, 0.6) is 0 Å². The maximum absolute atomic E-state index is 11.1. The Morgan fingerprint density at radius 1 is 1.56 bits per heavy atom. The van der Waals surface area contributed by atoms with E-state index in [9.17, 15) is 19.7 Å². The number of aromatic nitrogens is 1. The summed E-state index contributed by atoms with van der Waals surface area (Å²) in [5.41, 5.74) is -0.456. The number of nitrogens with zero attached hydrogens (tertiary/aromatic N) is 1. The van der Waals surface area contributed by atoms with Crippen LogP contribution < -0.4 is 5.56 Å². The van der Waals surface area contributed by atoms with Crippen LogP contribution in [0, 0.1) is 10.1 Å². The van der Waals surface area contributed by atoms with Gasteiger partial charge in [-0.15, -0.1) is 0 Å². The van der Waals surface area contributed by atoms with Gasteiger partial charge in [-0.3, -0.25) is 4.79 Å². The van der Waals surface area contributed by atoms with Gasteiger partial charge in [0.1, 0.15) is 0 Å². The summed E-state index contributed by atoms with van der Waals surface area (Å²) >= 11 is 0. The molecule has 16 heavy (non-hydrogen) atoms. The SMILES string of the molecule is CCOC(=O)Cc1ccc(=O)[nH]c1[N+](=O)[O-]. The molecule has 1 heterocycles. The van der Waals surface area contributed by atoms with Crippen molar-refractivity contribution in [3.05, 3.63) is 38.2 Å². The predicted octanol–water partition coefficient (Wildman–Crippen LogP) is 0.389. The molecule has 0 spiro atoms. The van der Waals surface area contributed by atoms with Crippen molar-refractivity contribution < 1.29 is 14.5 Å². The molecule has 0 saturated heterocycles. The van der Waals surface area contributed by atoms with Gasteiger partial charge in [0.2, 0.25) is 0 Å². The number of hydrogen-bond donors (Lipinski definition) is 1. The lowest BCUT2D eigenvalue weighted by atomic mass is 10.2. The molecule has 0 radical (unpaired) electrons. The van der Waals surface area contributed by atoms with Crippen LogP contribution in [-0.4, -0.2) is 22.5 Å². The Balaban J connectivity index is 2.99. The lowest BCUT2D eigenvalue weighted by molar-refractivity contribution is -0.390. The van der Waals surface area contributed by atoms with Gasteiger partial charge in [-0.05, 0) is 17.9 Å². The molecule has 0 bridgehead atoms. The number of carbonyl (C=O) groups excluding carboxylic acids is 1. The molecular weight excluding hydrogens is 216 g/mol. The second-order valence-corrected chi connectivity index (χ2v) is 2.94. The molecule has 1 rings (SSSR count). The average Bonchev–Trinajstić information content (AvgIpc) is 2.20. The molecule has 1 N–H and O–H groups in total. The Hall–Kier alpha value is -2.18. The van der Waals surface area contributed by atoms with Crippen LogP contribution in [0.3, 0.4) is 0 Å². The molecular formula is C9H10N2O5. The van der Waals surface area contributed by atoms with E-state index < -0.39 is 22.3 Å². The Labute approximate surface area is 90.2 Å². The van der Waals surface area contributed by atoms with Crippen LogP contribution in [0.2, 0.25) is 0 Å². The minimum atomic E-state index is -0.740. The van der Waals surface area contributed by atoms with E-state index in [1.165, 1.54) is 6.07 Å². The zero-order valence-electron chi connectivity index (χ0n) is 8.56. The van der Waals surface area contributed by atoms with Crippen molar-refractivity contribution >= 4 is 11.8 Å². The summed E-state index contributed by atoms with van der Waals surface area (Å²) in [5, 5.41) is 10.6. The number of hydrogen-bond acceptors (Lipinski definition) is 5. The molecule has 0 aliphatic heterocycles. The first-order chi connectivity index (χ1) is 7.54. The summed E-state index contributed by atoms with van der Waals surface area (Å²) in [6, 6.07) is 2.37. The lowest BCUT2D eigenvalue weighted by Crippen LogP contribution is -2.14. The number of rotatable bonds is 4. The normalized spacial score (nSPS) is 9.81. The zero-order valence-corrected chi connectivity index (χ0v) is 8.56. The van der Waals surface area contributed by atoms with E-state index in [2.05, 4.69) is 9.72 Å². The first-order valence-electron chi connectivity index (χ1n) is 4.56. The maximum atomic E-state index is 11.1. The number of nitro groups is 1. The first kappa shape index (κ1) is 11.9.